The summed E-state index contributed by atoms with van der Waals surface area (Å²) in [4.78, 5) is 12.3. The Kier molecular flexibility index (Phi) is 4.16. The van der Waals surface area contributed by atoms with E-state index in [0.29, 0.717) is 10.9 Å². The molecule has 1 aromatic carbocycles. The molecule has 0 spiro atoms. The van der Waals surface area contributed by atoms with Crippen LogP contribution in [0.4, 0.5) is 0 Å². The van der Waals surface area contributed by atoms with Gasteiger partial charge in [0.2, 0.25) is 5.91 Å². The molecule has 0 bridgehead atoms. The second-order valence-corrected chi connectivity index (χ2v) is 6.27. The highest BCUT2D eigenvalue weighted by Crippen LogP contribution is 2.24. The second kappa shape index (κ2) is 5.51. The van der Waals surface area contributed by atoms with Gasteiger partial charge in [-0.2, -0.15) is 0 Å². The number of halogens is 1. The number of nitrogens with one attached hydrogen (secondary N) is 2. The maximum atomic E-state index is 12.3. The summed E-state index contributed by atoms with van der Waals surface area (Å²) in [6, 6.07) is 7.63. The zero-order valence-corrected chi connectivity index (χ0v) is 12.4. The third-order valence-electron chi connectivity index (χ3n) is 3.92. The first-order valence-corrected chi connectivity index (χ1v) is 7.07. The Balaban J connectivity index is 2.05. The molecule has 0 aromatic heterocycles. The van der Waals surface area contributed by atoms with Gasteiger partial charge < -0.3 is 10.6 Å². The molecule has 104 valence electrons. The molecular weight excluding hydrogens is 260 g/mol. The zero-order chi connectivity index (χ0) is 14.0. The van der Waals surface area contributed by atoms with Crippen molar-refractivity contribution in [2.75, 3.05) is 13.1 Å². The highest BCUT2D eigenvalue weighted by molar-refractivity contribution is 6.30. The lowest BCUT2D eigenvalue weighted by Crippen LogP contribution is -2.52. The van der Waals surface area contributed by atoms with Crippen LogP contribution in [0.25, 0.3) is 0 Å². The van der Waals surface area contributed by atoms with E-state index < -0.39 is 5.54 Å². The Morgan fingerprint density at radius 2 is 2.16 bits per heavy atom. The lowest BCUT2D eigenvalue weighted by atomic mass is 9.86. The van der Waals surface area contributed by atoms with Crippen LogP contribution >= 0.6 is 11.6 Å². The molecule has 1 unspecified atom stereocenters. The summed E-state index contributed by atoms with van der Waals surface area (Å²) in [5, 5.41) is 7.02. The molecule has 2 N–H and O–H groups in total. The van der Waals surface area contributed by atoms with Gasteiger partial charge in [-0.15, -0.1) is 0 Å². The number of rotatable bonds is 4. The summed E-state index contributed by atoms with van der Waals surface area (Å²) in [5.74, 6) is 0.603. The molecule has 0 saturated carbocycles. The number of benzene rings is 1. The molecule has 1 saturated heterocycles. The van der Waals surface area contributed by atoms with Crippen molar-refractivity contribution < 1.29 is 4.79 Å². The molecule has 1 amide bonds. The van der Waals surface area contributed by atoms with Gasteiger partial charge in [0.15, 0.2) is 0 Å². The molecule has 1 aromatic rings. The van der Waals surface area contributed by atoms with Crippen molar-refractivity contribution in [3.63, 3.8) is 0 Å². The van der Waals surface area contributed by atoms with Gasteiger partial charge in [0, 0.05) is 10.9 Å². The van der Waals surface area contributed by atoms with Crippen LogP contribution in [-0.4, -0.2) is 19.0 Å². The zero-order valence-electron chi connectivity index (χ0n) is 11.7. The van der Waals surface area contributed by atoms with Crippen LogP contribution in [-0.2, 0) is 10.3 Å². The summed E-state index contributed by atoms with van der Waals surface area (Å²) in [6.45, 7) is 7.87. The van der Waals surface area contributed by atoms with E-state index in [9.17, 15) is 4.79 Å². The van der Waals surface area contributed by atoms with Gasteiger partial charge in [-0.1, -0.05) is 30.7 Å². The smallest absolute Gasteiger partial charge is 0.223 e. The minimum Gasteiger partial charge on any atom is -0.347 e. The standard InChI is InChI=1S/C15H21ClN2O/c1-10(11-8-17-9-11)14(19)18-15(2,3)12-5-4-6-13(16)7-12/h4-7,10-11,17H,8-9H2,1-3H3,(H,18,19). The lowest BCUT2D eigenvalue weighted by molar-refractivity contribution is -0.128. The van der Waals surface area contributed by atoms with E-state index in [1.54, 1.807) is 0 Å². The Morgan fingerprint density at radius 3 is 2.68 bits per heavy atom. The SMILES string of the molecule is CC(C(=O)NC(C)(C)c1cccc(Cl)c1)C1CNC1. The minimum atomic E-state index is -0.409. The number of carbonyl (C=O) groups excluding carboxylic acids is 1. The van der Waals surface area contributed by atoms with E-state index >= 15 is 0 Å². The van der Waals surface area contributed by atoms with E-state index in [1.807, 2.05) is 45.0 Å². The third kappa shape index (κ3) is 3.28. The Bertz CT molecular complexity index is 469. The van der Waals surface area contributed by atoms with Crippen molar-refractivity contribution in [3.8, 4) is 0 Å². The normalized spacial score (nSPS) is 17.7. The largest absolute Gasteiger partial charge is 0.347 e. The molecule has 4 heteroatoms. The molecule has 1 aliphatic rings. The highest BCUT2D eigenvalue weighted by Gasteiger charge is 2.32. The van der Waals surface area contributed by atoms with E-state index in [2.05, 4.69) is 10.6 Å². The van der Waals surface area contributed by atoms with Crippen LogP contribution in [0.15, 0.2) is 24.3 Å². The first-order chi connectivity index (χ1) is 8.90. The van der Waals surface area contributed by atoms with E-state index in [4.69, 9.17) is 11.6 Å². The summed E-state index contributed by atoms with van der Waals surface area (Å²) >= 11 is 6.01. The molecule has 19 heavy (non-hydrogen) atoms. The maximum Gasteiger partial charge on any atom is 0.223 e. The van der Waals surface area contributed by atoms with Crippen LogP contribution in [0.1, 0.15) is 26.3 Å². The predicted octanol–water partition coefficient (Wildman–Crippen LogP) is 2.55. The number of amides is 1. The molecule has 1 atom stereocenters. The van der Waals surface area contributed by atoms with Crippen molar-refractivity contribution in [1.29, 1.82) is 0 Å². The van der Waals surface area contributed by atoms with Crippen molar-refractivity contribution in [2.24, 2.45) is 11.8 Å². The Morgan fingerprint density at radius 1 is 1.47 bits per heavy atom. The summed E-state index contributed by atoms with van der Waals surface area (Å²) in [6.07, 6.45) is 0. The van der Waals surface area contributed by atoms with Crippen molar-refractivity contribution in [3.05, 3.63) is 34.9 Å². The van der Waals surface area contributed by atoms with Gasteiger partial charge in [0.25, 0.3) is 0 Å². The minimum absolute atomic E-state index is 0.0414. The van der Waals surface area contributed by atoms with Gasteiger partial charge in [0.1, 0.15) is 0 Å². The average Bonchev–Trinajstić information content (AvgIpc) is 2.26. The molecule has 1 fully saturated rings. The van der Waals surface area contributed by atoms with Gasteiger partial charge in [-0.3, -0.25) is 4.79 Å². The van der Waals surface area contributed by atoms with Crippen molar-refractivity contribution in [1.82, 2.24) is 10.6 Å². The summed E-state index contributed by atoms with van der Waals surface area (Å²) in [5.41, 5.74) is 0.611. The fraction of sp³-hybridized carbons (Fsp3) is 0.533. The topological polar surface area (TPSA) is 41.1 Å². The van der Waals surface area contributed by atoms with Gasteiger partial charge in [-0.05, 0) is 50.6 Å². The van der Waals surface area contributed by atoms with Crippen LogP contribution in [0.3, 0.4) is 0 Å². The average molecular weight is 281 g/mol. The summed E-state index contributed by atoms with van der Waals surface area (Å²) in [7, 11) is 0. The van der Waals surface area contributed by atoms with Crippen molar-refractivity contribution in [2.45, 2.75) is 26.3 Å². The number of hydrogen-bond donors (Lipinski definition) is 2. The quantitative estimate of drug-likeness (QED) is 0.890. The third-order valence-corrected chi connectivity index (χ3v) is 4.15. The van der Waals surface area contributed by atoms with E-state index in [-0.39, 0.29) is 11.8 Å². The van der Waals surface area contributed by atoms with E-state index in [1.165, 1.54) is 0 Å². The fourth-order valence-electron chi connectivity index (χ4n) is 2.25. The van der Waals surface area contributed by atoms with Crippen LogP contribution in [0.2, 0.25) is 5.02 Å². The van der Waals surface area contributed by atoms with Crippen LogP contribution in [0.5, 0.6) is 0 Å². The lowest BCUT2D eigenvalue weighted by Gasteiger charge is -2.35. The predicted molar refractivity (Wildman–Crippen MR) is 78.1 cm³/mol. The van der Waals surface area contributed by atoms with Gasteiger partial charge in [-0.25, -0.2) is 0 Å². The highest BCUT2D eigenvalue weighted by atomic mass is 35.5. The molecule has 1 heterocycles. The number of carbonyl (C=O) groups is 1. The molecule has 0 radical (unpaired) electrons. The number of hydrogen-bond acceptors (Lipinski definition) is 2. The Hall–Kier alpha value is -1.06. The molecule has 1 aliphatic heterocycles. The molecule has 0 aliphatic carbocycles. The van der Waals surface area contributed by atoms with Crippen LogP contribution in [0, 0.1) is 11.8 Å². The second-order valence-electron chi connectivity index (χ2n) is 5.83. The first kappa shape index (κ1) is 14.4. The van der Waals surface area contributed by atoms with Crippen molar-refractivity contribution >= 4 is 17.5 Å². The first-order valence-electron chi connectivity index (χ1n) is 6.69. The molecule has 2 rings (SSSR count). The monoisotopic (exact) mass is 280 g/mol. The Labute approximate surface area is 119 Å². The molecular formula is C15H21ClN2O. The fourth-order valence-corrected chi connectivity index (χ4v) is 2.44. The molecule has 3 nitrogen and oxygen atoms in total. The summed E-state index contributed by atoms with van der Waals surface area (Å²) < 4.78 is 0. The van der Waals surface area contributed by atoms with Gasteiger partial charge >= 0.3 is 0 Å². The van der Waals surface area contributed by atoms with Gasteiger partial charge in [0.05, 0.1) is 5.54 Å². The van der Waals surface area contributed by atoms with Crippen LogP contribution < -0.4 is 10.6 Å². The van der Waals surface area contributed by atoms with E-state index in [0.717, 1.165) is 18.7 Å². The maximum absolute atomic E-state index is 12.3.